The van der Waals surface area contributed by atoms with Gasteiger partial charge in [0.15, 0.2) is 16.7 Å². The molecule has 1 amide bonds. The largest absolute Gasteiger partial charge is 0.503 e. The zero-order valence-corrected chi connectivity index (χ0v) is 18.6. The molecule has 1 aliphatic heterocycles. The van der Waals surface area contributed by atoms with Gasteiger partial charge in [-0.25, -0.2) is 4.99 Å². The van der Waals surface area contributed by atoms with E-state index in [0.717, 1.165) is 11.4 Å². The van der Waals surface area contributed by atoms with Crippen LogP contribution in [-0.2, 0) is 4.79 Å². The summed E-state index contributed by atoms with van der Waals surface area (Å²) in [7, 11) is 0. The number of phenolic OH excluding ortho intramolecular Hbond substituents is 1. The van der Waals surface area contributed by atoms with E-state index in [2.05, 4.69) is 4.99 Å². The maximum Gasteiger partial charge on any atom is 0.266 e. The van der Waals surface area contributed by atoms with Crippen molar-refractivity contribution in [3.63, 3.8) is 0 Å². The monoisotopic (exact) mass is 446 g/mol. The molecule has 0 aromatic heterocycles. The fraction of sp³-hybridized carbons (Fsp3) is 0.273. The summed E-state index contributed by atoms with van der Waals surface area (Å²) in [5, 5.41) is 10.8. The summed E-state index contributed by atoms with van der Waals surface area (Å²) in [4.78, 5) is 19.6. The van der Waals surface area contributed by atoms with E-state index in [1.165, 1.54) is 11.8 Å². The van der Waals surface area contributed by atoms with Gasteiger partial charge in [-0.2, -0.15) is 0 Å². The molecule has 1 heterocycles. The van der Waals surface area contributed by atoms with Gasteiger partial charge in [0.05, 0.1) is 28.8 Å². The first-order valence-corrected chi connectivity index (χ1v) is 10.8. The van der Waals surface area contributed by atoms with Gasteiger partial charge in [-0.3, -0.25) is 9.69 Å². The number of carbonyl (C=O) groups is 1. The normalized spacial score (nSPS) is 16.5. The molecule has 2 aromatic carbocycles. The molecular formula is C22H23ClN2O4S. The minimum Gasteiger partial charge on any atom is -0.503 e. The maximum absolute atomic E-state index is 12.9. The Labute approximate surface area is 185 Å². The first-order valence-electron chi connectivity index (χ1n) is 9.65. The van der Waals surface area contributed by atoms with Crippen LogP contribution in [-0.4, -0.2) is 40.8 Å². The Bertz CT molecular complexity index is 989. The number of ether oxygens (including phenoxy) is 2. The van der Waals surface area contributed by atoms with Gasteiger partial charge in [0.1, 0.15) is 5.75 Å². The zero-order valence-electron chi connectivity index (χ0n) is 17.0. The number of carbonyl (C=O) groups excluding carboxylic acids is 1. The molecule has 1 N–H and O–H groups in total. The number of aliphatic imine (C=N–C) groups is 1. The highest BCUT2D eigenvalue weighted by molar-refractivity contribution is 8.18. The Kier molecular flexibility index (Phi) is 7.29. The molecule has 1 saturated heterocycles. The molecule has 0 atom stereocenters. The molecule has 2 aromatic rings. The Morgan fingerprint density at radius 1 is 1.13 bits per heavy atom. The van der Waals surface area contributed by atoms with Gasteiger partial charge in [-0.05, 0) is 80.6 Å². The quantitative estimate of drug-likeness (QED) is 0.571. The van der Waals surface area contributed by atoms with Crippen LogP contribution >= 0.6 is 23.4 Å². The van der Waals surface area contributed by atoms with Crippen molar-refractivity contribution in [1.29, 1.82) is 0 Å². The Morgan fingerprint density at radius 2 is 1.83 bits per heavy atom. The number of thioether (sulfide) groups is 1. The fourth-order valence-electron chi connectivity index (χ4n) is 2.86. The average Bonchev–Trinajstić information content (AvgIpc) is 3.01. The third-order valence-electron chi connectivity index (χ3n) is 4.23. The van der Waals surface area contributed by atoms with E-state index in [0.29, 0.717) is 35.4 Å². The van der Waals surface area contributed by atoms with E-state index < -0.39 is 0 Å². The molecule has 30 heavy (non-hydrogen) atoms. The second-order valence-electron chi connectivity index (χ2n) is 6.26. The van der Waals surface area contributed by atoms with Crippen molar-refractivity contribution < 1.29 is 19.4 Å². The van der Waals surface area contributed by atoms with E-state index in [9.17, 15) is 9.90 Å². The van der Waals surface area contributed by atoms with Crippen LogP contribution in [0.3, 0.4) is 0 Å². The molecule has 8 heteroatoms. The predicted molar refractivity (Wildman–Crippen MR) is 122 cm³/mol. The lowest BCUT2D eigenvalue weighted by atomic mass is 10.2. The minimum atomic E-state index is -0.130. The SMILES string of the molecule is CCOc1ccc(N=C2SC(=Cc3cc(Cl)c(O)c(OCC)c3)C(=O)N2CC)cc1. The summed E-state index contributed by atoms with van der Waals surface area (Å²) in [6.45, 7) is 7.14. The van der Waals surface area contributed by atoms with Crippen LogP contribution in [0.15, 0.2) is 46.3 Å². The van der Waals surface area contributed by atoms with Crippen LogP contribution in [0, 0.1) is 0 Å². The lowest BCUT2D eigenvalue weighted by Gasteiger charge is -2.12. The number of benzene rings is 2. The summed E-state index contributed by atoms with van der Waals surface area (Å²) < 4.78 is 10.9. The van der Waals surface area contributed by atoms with Crippen molar-refractivity contribution in [2.45, 2.75) is 20.8 Å². The molecule has 6 nitrogen and oxygen atoms in total. The van der Waals surface area contributed by atoms with E-state index in [4.69, 9.17) is 21.1 Å². The van der Waals surface area contributed by atoms with Crippen molar-refractivity contribution in [1.82, 2.24) is 4.90 Å². The number of likely N-dealkylation sites (N-methyl/N-ethyl adjacent to an activating group) is 1. The van der Waals surface area contributed by atoms with Crippen LogP contribution in [0.1, 0.15) is 26.3 Å². The van der Waals surface area contributed by atoms with E-state index in [1.54, 1.807) is 23.1 Å². The van der Waals surface area contributed by atoms with Crippen LogP contribution in [0.2, 0.25) is 5.02 Å². The maximum atomic E-state index is 12.9. The molecule has 0 bridgehead atoms. The summed E-state index contributed by atoms with van der Waals surface area (Å²) in [5.41, 5.74) is 1.40. The number of nitrogens with zero attached hydrogens (tertiary/aromatic N) is 2. The second kappa shape index (κ2) is 9.91. The lowest BCUT2D eigenvalue weighted by molar-refractivity contribution is -0.122. The number of phenols is 1. The number of halogens is 1. The van der Waals surface area contributed by atoms with Crippen molar-refractivity contribution in [3.05, 3.63) is 51.9 Å². The molecule has 0 aliphatic carbocycles. The average molecular weight is 447 g/mol. The molecule has 1 aliphatic rings. The van der Waals surface area contributed by atoms with Crippen molar-refractivity contribution in [2.75, 3.05) is 19.8 Å². The number of hydrogen-bond donors (Lipinski definition) is 1. The summed E-state index contributed by atoms with van der Waals surface area (Å²) in [5.74, 6) is 0.815. The van der Waals surface area contributed by atoms with Crippen LogP contribution in [0.5, 0.6) is 17.2 Å². The molecule has 0 spiro atoms. The smallest absolute Gasteiger partial charge is 0.266 e. The van der Waals surface area contributed by atoms with Gasteiger partial charge >= 0.3 is 0 Å². The number of amidine groups is 1. The minimum absolute atomic E-state index is 0.112. The highest BCUT2D eigenvalue weighted by Crippen LogP contribution is 2.38. The first-order chi connectivity index (χ1) is 14.5. The van der Waals surface area contributed by atoms with Crippen LogP contribution < -0.4 is 9.47 Å². The highest BCUT2D eigenvalue weighted by atomic mass is 35.5. The predicted octanol–water partition coefficient (Wildman–Crippen LogP) is 5.47. The van der Waals surface area contributed by atoms with Gasteiger partial charge in [0.25, 0.3) is 5.91 Å². The third-order valence-corrected chi connectivity index (χ3v) is 5.52. The van der Waals surface area contributed by atoms with Crippen LogP contribution in [0.25, 0.3) is 6.08 Å². The Hall–Kier alpha value is -2.64. The van der Waals surface area contributed by atoms with Crippen molar-refractivity contribution >= 4 is 46.2 Å². The molecule has 1 fully saturated rings. The molecule has 158 valence electrons. The molecule has 0 radical (unpaired) electrons. The Balaban J connectivity index is 1.90. The van der Waals surface area contributed by atoms with Crippen molar-refractivity contribution in [3.8, 4) is 17.2 Å². The topological polar surface area (TPSA) is 71.4 Å². The number of aromatic hydroxyl groups is 1. The third kappa shape index (κ3) is 4.91. The number of hydrogen-bond acceptors (Lipinski definition) is 6. The molecule has 3 rings (SSSR count). The fourth-order valence-corrected chi connectivity index (χ4v) is 4.14. The number of amides is 1. The van der Waals surface area contributed by atoms with Gasteiger partial charge in [-0.1, -0.05) is 11.6 Å². The second-order valence-corrected chi connectivity index (χ2v) is 7.68. The van der Waals surface area contributed by atoms with E-state index in [1.807, 2.05) is 45.0 Å². The molecule has 0 unspecified atom stereocenters. The highest BCUT2D eigenvalue weighted by Gasteiger charge is 2.32. The Morgan fingerprint density at radius 3 is 2.47 bits per heavy atom. The molecule has 0 saturated carbocycles. The van der Waals surface area contributed by atoms with Gasteiger partial charge in [0, 0.05) is 6.54 Å². The van der Waals surface area contributed by atoms with E-state index >= 15 is 0 Å². The van der Waals surface area contributed by atoms with Gasteiger partial charge < -0.3 is 14.6 Å². The van der Waals surface area contributed by atoms with Crippen molar-refractivity contribution in [2.24, 2.45) is 4.99 Å². The van der Waals surface area contributed by atoms with Crippen LogP contribution in [0.4, 0.5) is 5.69 Å². The lowest BCUT2D eigenvalue weighted by Crippen LogP contribution is -2.28. The zero-order chi connectivity index (χ0) is 21.7. The summed E-state index contributed by atoms with van der Waals surface area (Å²) in [6.07, 6.45) is 1.73. The van der Waals surface area contributed by atoms with Gasteiger partial charge in [-0.15, -0.1) is 0 Å². The summed E-state index contributed by atoms with van der Waals surface area (Å²) in [6, 6.07) is 10.7. The number of rotatable bonds is 7. The standard InChI is InChI=1S/C22H23ClN2O4S/c1-4-25-21(27)19(13-14-11-17(23)20(26)18(12-14)29-6-3)30-22(25)24-15-7-9-16(10-8-15)28-5-2/h7-13,26H,4-6H2,1-3H3. The summed E-state index contributed by atoms with van der Waals surface area (Å²) >= 11 is 7.40. The first kappa shape index (κ1) is 22.1. The molecular weight excluding hydrogens is 424 g/mol. The van der Waals surface area contributed by atoms with Gasteiger partial charge in [0.2, 0.25) is 0 Å². The van der Waals surface area contributed by atoms with E-state index in [-0.39, 0.29) is 22.4 Å².